The fourth-order valence-corrected chi connectivity index (χ4v) is 3.12. The van der Waals surface area contributed by atoms with E-state index in [0.29, 0.717) is 12.3 Å². The van der Waals surface area contributed by atoms with Crippen LogP contribution in [0.4, 0.5) is 5.69 Å². The van der Waals surface area contributed by atoms with Crippen molar-refractivity contribution < 1.29 is 14.3 Å². The molecule has 1 saturated heterocycles. The summed E-state index contributed by atoms with van der Waals surface area (Å²) in [6.45, 7) is 6.47. The minimum absolute atomic E-state index is 0.0403. The Labute approximate surface area is 148 Å². The van der Waals surface area contributed by atoms with Crippen molar-refractivity contribution in [1.29, 1.82) is 0 Å². The molecule has 1 fully saturated rings. The number of hydrogen-bond donors (Lipinski definition) is 0. The number of esters is 1. The Balaban J connectivity index is 1.75. The summed E-state index contributed by atoms with van der Waals surface area (Å²) in [6, 6.07) is 15.3. The average molecular weight is 337 g/mol. The number of ether oxygens (including phenoxy) is 1. The number of rotatable bonds is 4. The molecule has 0 bridgehead atoms. The molecule has 2 aromatic carbocycles. The largest absolute Gasteiger partial charge is 0.426 e. The molecule has 2 aromatic rings. The van der Waals surface area contributed by atoms with Gasteiger partial charge in [0, 0.05) is 18.7 Å². The topological polar surface area (TPSA) is 46.6 Å². The van der Waals surface area contributed by atoms with E-state index in [1.807, 2.05) is 55.5 Å². The van der Waals surface area contributed by atoms with E-state index < -0.39 is 5.92 Å². The van der Waals surface area contributed by atoms with E-state index in [4.69, 9.17) is 4.74 Å². The number of aryl methyl sites for hydroxylation is 1. The van der Waals surface area contributed by atoms with Gasteiger partial charge in [-0.2, -0.15) is 0 Å². The highest BCUT2D eigenvalue weighted by molar-refractivity contribution is 5.99. The fraction of sp³-hybridized carbons (Fsp3) is 0.333. The molecule has 1 atom stereocenters. The minimum Gasteiger partial charge on any atom is -0.426 e. The van der Waals surface area contributed by atoms with Gasteiger partial charge in [-0.1, -0.05) is 44.2 Å². The molecule has 0 aliphatic carbocycles. The molecule has 130 valence electrons. The van der Waals surface area contributed by atoms with E-state index in [2.05, 4.69) is 13.8 Å². The van der Waals surface area contributed by atoms with Crippen molar-refractivity contribution in [2.24, 2.45) is 5.92 Å². The lowest BCUT2D eigenvalue weighted by atomic mass is 10.0. The molecule has 25 heavy (non-hydrogen) atoms. The third-order valence-corrected chi connectivity index (χ3v) is 4.53. The molecule has 0 N–H and O–H groups in total. The Hall–Kier alpha value is -2.62. The molecular formula is C21H23NO3. The Morgan fingerprint density at radius 2 is 1.88 bits per heavy atom. The second-order valence-electron chi connectivity index (χ2n) is 6.86. The van der Waals surface area contributed by atoms with E-state index in [1.54, 1.807) is 4.90 Å². The van der Waals surface area contributed by atoms with Crippen molar-refractivity contribution in [1.82, 2.24) is 0 Å². The number of anilines is 1. The third kappa shape index (κ3) is 3.73. The zero-order chi connectivity index (χ0) is 18.0. The van der Waals surface area contributed by atoms with Crippen molar-refractivity contribution in [3.05, 3.63) is 59.7 Å². The number of benzene rings is 2. The molecular weight excluding hydrogens is 314 g/mol. The molecule has 0 unspecified atom stereocenters. The van der Waals surface area contributed by atoms with Crippen LogP contribution in [-0.2, 0) is 9.59 Å². The Kier molecular flexibility index (Phi) is 4.88. The molecule has 3 rings (SSSR count). The first-order valence-corrected chi connectivity index (χ1v) is 8.63. The molecule has 4 heteroatoms. The molecule has 0 radical (unpaired) electrons. The van der Waals surface area contributed by atoms with Crippen LogP contribution in [0.1, 0.15) is 37.3 Å². The smallest absolute Gasteiger partial charge is 0.316 e. The predicted octanol–water partition coefficient (Wildman–Crippen LogP) is 4.08. The number of amides is 1. The maximum absolute atomic E-state index is 12.6. The second-order valence-corrected chi connectivity index (χ2v) is 6.86. The number of carbonyl (C=O) groups is 2. The van der Waals surface area contributed by atoms with Crippen molar-refractivity contribution in [3.8, 4) is 5.75 Å². The van der Waals surface area contributed by atoms with Gasteiger partial charge in [0.1, 0.15) is 5.75 Å². The van der Waals surface area contributed by atoms with Crippen molar-refractivity contribution in [2.75, 3.05) is 11.4 Å². The molecule has 1 amide bonds. The first-order chi connectivity index (χ1) is 12.0. The van der Waals surface area contributed by atoms with E-state index in [-0.39, 0.29) is 24.2 Å². The fourth-order valence-electron chi connectivity index (χ4n) is 3.12. The summed E-state index contributed by atoms with van der Waals surface area (Å²) < 4.78 is 5.69. The van der Waals surface area contributed by atoms with Gasteiger partial charge in [0.2, 0.25) is 5.91 Å². The molecule has 1 aliphatic heterocycles. The lowest BCUT2D eigenvalue weighted by Crippen LogP contribution is -2.27. The predicted molar refractivity (Wildman–Crippen MR) is 97.8 cm³/mol. The summed E-state index contributed by atoms with van der Waals surface area (Å²) in [5.74, 6) is 0.0500. The maximum atomic E-state index is 12.6. The summed E-state index contributed by atoms with van der Waals surface area (Å²) in [5.41, 5.74) is 2.87. The van der Waals surface area contributed by atoms with Crippen molar-refractivity contribution in [3.63, 3.8) is 0 Å². The Bertz CT molecular complexity index is 783. The lowest BCUT2D eigenvalue weighted by Gasteiger charge is -2.17. The van der Waals surface area contributed by atoms with Gasteiger partial charge in [0.15, 0.2) is 0 Å². The maximum Gasteiger partial charge on any atom is 0.316 e. The Morgan fingerprint density at radius 1 is 1.16 bits per heavy atom. The van der Waals surface area contributed by atoms with E-state index in [1.165, 1.54) is 0 Å². The van der Waals surface area contributed by atoms with Crippen LogP contribution in [0.25, 0.3) is 0 Å². The number of hydrogen-bond acceptors (Lipinski definition) is 3. The van der Waals surface area contributed by atoms with Gasteiger partial charge in [0.05, 0.1) is 5.92 Å². The van der Waals surface area contributed by atoms with Crippen LogP contribution in [0.2, 0.25) is 0 Å². The van der Waals surface area contributed by atoms with Crippen molar-refractivity contribution >= 4 is 17.6 Å². The summed E-state index contributed by atoms with van der Waals surface area (Å²) in [5, 5.41) is 0. The second kappa shape index (κ2) is 7.09. The highest BCUT2D eigenvalue weighted by Gasteiger charge is 2.36. The zero-order valence-electron chi connectivity index (χ0n) is 14.9. The first kappa shape index (κ1) is 17.2. The van der Waals surface area contributed by atoms with Crippen molar-refractivity contribution in [2.45, 2.75) is 33.1 Å². The molecule has 1 heterocycles. The number of carbonyl (C=O) groups excluding carboxylic acids is 2. The highest BCUT2D eigenvalue weighted by atomic mass is 16.5. The van der Waals surface area contributed by atoms with Gasteiger partial charge in [-0.25, -0.2) is 0 Å². The average Bonchev–Trinajstić information content (AvgIpc) is 2.97. The molecule has 0 spiro atoms. The third-order valence-electron chi connectivity index (χ3n) is 4.53. The van der Waals surface area contributed by atoms with Crippen LogP contribution in [-0.4, -0.2) is 18.4 Å². The summed E-state index contributed by atoms with van der Waals surface area (Å²) in [4.78, 5) is 26.6. The SMILES string of the molecule is Cc1ccc(C(C)C)c(OC(=O)[C@@H]2CC(=O)N(c3ccccc3)C2)c1. The standard InChI is InChI=1S/C21H23NO3/c1-14(2)18-10-9-15(3)11-19(18)25-21(24)16-12-20(23)22(13-16)17-7-5-4-6-8-17/h4-11,14,16H,12-13H2,1-3H3/t16-/m1/s1. The van der Waals surface area contributed by atoms with Gasteiger partial charge in [-0.15, -0.1) is 0 Å². The number of nitrogens with zero attached hydrogens (tertiary/aromatic N) is 1. The summed E-state index contributed by atoms with van der Waals surface area (Å²) in [6.07, 6.45) is 0.191. The lowest BCUT2D eigenvalue weighted by molar-refractivity contribution is -0.139. The van der Waals surface area contributed by atoms with Gasteiger partial charge in [-0.05, 0) is 42.2 Å². The van der Waals surface area contributed by atoms with Gasteiger partial charge >= 0.3 is 5.97 Å². The summed E-state index contributed by atoms with van der Waals surface area (Å²) >= 11 is 0. The molecule has 0 aromatic heterocycles. The van der Waals surface area contributed by atoms with E-state index >= 15 is 0 Å². The van der Waals surface area contributed by atoms with Crippen LogP contribution in [0.15, 0.2) is 48.5 Å². The number of para-hydroxylation sites is 1. The first-order valence-electron chi connectivity index (χ1n) is 8.63. The minimum atomic E-state index is -0.437. The highest BCUT2D eigenvalue weighted by Crippen LogP contribution is 2.30. The Morgan fingerprint density at radius 3 is 2.56 bits per heavy atom. The molecule has 4 nitrogen and oxygen atoms in total. The van der Waals surface area contributed by atoms with E-state index in [0.717, 1.165) is 16.8 Å². The van der Waals surface area contributed by atoms with Crippen LogP contribution < -0.4 is 9.64 Å². The molecule has 0 saturated carbocycles. The van der Waals surface area contributed by atoms with Crippen LogP contribution >= 0.6 is 0 Å². The quantitative estimate of drug-likeness (QED) is 0.624. The van der Waals surface area contributed by atoms with Gasteiger partial charge in [-0.3, -0.25) is 9.59 Å². The van der Waals surface area contributed by atoms with Crippen LogP contribution in [0, 0.1) is 12.8 Å². The zero-order valence-corrected chi connectivity index (χ0v) is 14.9. The van der Waals surface area contributed by atoms with Gasteiger partial charge < -0.3 is 9.64 Å². The van der Waals surface area contributed by atoms with E-state index in [9.17, 15) is 9.59 Å². The normalized spacial score (nSPS) is 17.2. The van der Waals surface area contributed by atoms with Crippen LogP contribution in [0.3, 0.4) is 0 Å². The monoisotopic (exact) mass is 337 g/mol. The summed E-state index contributed by atoms with van der Waals surface area (Å²) in [7, 11) is 0. The van der Waals surface area contributed by atoms with Gasteiger partial charge in [0.25, 0.3) is 0 Å². The van der Waals surface area contributed by atoms with Crippen LogP contribution in [0.5, 0.6) is 5.75 Å². The molecule has 1 aliphatic rings.